The summed E-state index contributed by atoms with van der Waals surface area (Å²) in [6.07, 6.45) is 4.98. The van der Waals surface area contributed by atoms with Gasteiger partial charge in [-0.05, 0) is 40.3 Å². The van der Waals surface area contributed by atoms with E-state index < -0.39 is 0 Å². The SMILES string of the molecule is C=C1C=c2cc(O)c(C=N)cc2=C1. The van der Waals surface area contributed by atoms with E-state index >= 15 is 0 Å². The monoisotopic (exact) mass is 171 g/mol. The zero-order chi connectivity index (χ0) is 9.42. The van der Waals surface area contributed by atoms with Gasteiger partial charge in [0.2, 0.25) is 0 Å². The molecule has 0 fully saturated rings. The summed E-state index contributed by atoms with van der Waals surface area (Å²) in [5, 5.41) is 18.5. The Balaban J connectivity index is 2.85. The van der Waals surface area contributed by atoms with Gasteiger partial charge in [0.05, 0.1) is 0 Å². The van der Waals surface area contributed by atoms with Gasteiger partial charge in [-0.1, -0.05) is 6.58 Å². The van der Waals surface area contributed by atoms with Crippen LogP contribution < -0.4 is 10.4 Å². The lowest BCUT2D eigenvalue weighted by Crippen LogP contribution is -2.21. The molecular weight excluding hydrogens is 162 g/mol. The fraction of sp³-hybridized carbons (Fsp3) is 0. The molecule has 2 rings (SSSR count). The van der Waals surface area contributed by atoms with Gasteiger partial charge in [-0.2, -0.15) is 0 Å². The van der Waals surface area contributed by atoms with E-state index in [0.717, 1.165) is 22.2 Å². The molecule has 0 bridgehead atoms. The first-order chi connectivity index (χ1) is 6.20. The minimum absolute atomic E-state index is 0.146. The van der Waals surface area contributed by atoms with Gasteiger partial charge >= 0.3 is 0 Å². The van der Waals surface area contributed by atoms with Crippen molar-refractivity contribution in [3.05, 3.63) is 40.3 Å². The summed E-state index contributed by atoms with van der Waals surface area (Å²) < 4.78 is 0. The van der Waals surface area contributed by atoms with Crippen molar-refractivity contribution in [2.75, 3.05) is 0 Å². The van der Waals surface area contributed by atoms with Crippen LogP contribution in [0, 0.1) is 5.41 Å². The summed E-state index contributed by atoms with van der Waals surface area (Å²) in [7, 11) is 0. The standard InChI is InChI=1S/C11H9NO/c1-7-2-8-4-10(6-12)11(13)5-9(8)3-7/h2-6,12-13H,1H2. The van der Waals surface area contributed by atoms with Crippen molar-refractivity contribution in [2.24, 2.45) is 0 Å². The number of hydrogen-bond donors (Lipinski definition) is 2. The fourth-order valence-corrected chi connectivity index (χ4v) is 1.45. The molecule has 1 aliphatic carbocycles. The summed E-state index contributed by atoms with van der Waals surface area (Å²) in [5.41, 5.74) is 1.47. The number of aromatic hydroxyl groups is 1. The van der Waals surface area contributed by atoms with Crippen molar-refractivity contribution >= 4 is 18.4 Å². The minimum atomic E-state index is 0.146. The Hall–Kier alpha value is -1.83. The summed E-state index contributed by atoms with van der Waals surface area (Å²) in [5.74, 6) is 0.146. The van der Waals surface area contributed by atoms with Gasteiger partial charge in [0.25, 0.3) is 0 Å². The van der Waals surface area contributed by atoms with Gasteiger partial charge in [0.15, 0.2) is 0 Å². The molecule has 0 unspecified atom stereocenters. The summed E-state index contributed by atoms with van der Waals surface area (Å²) in [4.78, 5) is 0. The van der Waals surface area contributed by atoms with Crippen molar-refractivity contribution in [1.29, 1.82) is 5.41 Å². The molecule has 0 saturated carbocycles. The first-order valence-corrected chi connectivity index (χ1v) is 3.96. The molecule has 0 heterocycles. The van der Waals surface area contributed by atoms with E-state index in [4.69, 9.17) is 5.41 Å². The molecule has 0 amide bonds. The lowest BCUT2D eigenvalue weighted by molar-refractivity contribution is 0.474. The number of benzene rings is 1. The molecule has 2 N–H and O–H groups in total. The maximum absolute atomic E-state index is 9.45. The number of phenols is 1. The van der Waals surface area contributed by atoms with Crippen LogP contribution in [0.15, 0.2) is 24.3 Å². The number of hydrogen-bond acceptors (Lipinski definition) is 2. The molecule has 0 saturated heterocycles. The van der Waals surface area contributed by atoms with Crippen LogP contribution >= 0.6 is 0 Å². The maximum Gasteiger partial charge on any atom is 0.124 e. The van der Waals surface area contributed by atoms with Gasteiger partial charge < -0.3 is 10.5 Å². The van der Waals surface area contributed by atoms with Crippen LogP contribution in [0.25, 0.3) is 12.2 Å². The number of allylic oxidation sites excluding steroid dienone is 1. The zero-order valence-electron chi connectivity index (χ0n) is 7.04. The van der Waals surface area contributed by atoms with E-state index in [0.29, 0.717) is 5.56 Å². The van der Waals surface area contributed by atoms with Crippen LogP contribution in [-0.4, -0.2) is 11.3 Å². The van der Waals surface area contributed by atoms with Crippen molar-refractivity contribution in [2.45, 2.75) is 0 Å². The topological polar surface area (TPSA) is 44.1 Å². The Morgan fingerprint density at radius 3 is 2.46 bits per heavy atom. The van der Waals surface area contributed by atoms with Gasteiger partial charge in [0.1, 0.15) is 5.75 Å². The summed E-state index contributed by atoms with van der Waals surface area (Å²) >= 11 is 0. The van der Waals surface area contributed by atoms with Crippen molar-refractivity contribution in [3.63, 3.8) is 0 Å². The predicted molar refractivity (Wildman–Crippen MR) is 53.3 cm³/mol. The third-order valence-corrected chi connectivity index (χ3v) is 2.07. The molecule has 0 spiro atoms. The molecule has 1 aliphatic rings. The highest BCUT2D eigenvalue weighted by atomic mass is 16.3. The van der Waals surface area contributed by atoms with Gasteiger partial charge in [-0.3, -0.25) is 0 Å². The first kappa shape index (κ1) is 7.80. The van der Waals surface area contributed by atoms with Crippen molar-refractivity contribution < 1.29 is 5.11 Å². The molecule has 2 nitrogen and oxygen atoms in total. The van der Waals surface area contributed by atoms with Crippen molar-refractivity contribution in [1.82, 2.24) is 0 Å². The smallest absolute Gasteiger partial charge is 0.124 e. The average Bonchev–Trinajstić information content (AvgIpc) is 2.42. The Kier molecular flexibility index (Phi) is 1.55. The first-order valence-electron chi connectivity index (χ1n) is 3.96. The van der Waals surface area contributed by atoms with Crippen LogP contribution in [0.4, 0.5) is 0 Å². The molecule has 1 aromatic rings. The molecule has 1 aromatic carbocycles. The summed E-state index contributed by atoms with van der Waals surface area (Å²) in [6, 6.07) is 3.44. The molecule has 0 radical (unpaired) electrons. The van der Waals surface area contributed by atoms with E-state index in [-0.39, 0.29) is 5.75 Å². The highest BCUT2D eigenvalue weighted by molar-refractivity contribution is 5.82. The molecule has 13 heavy (non-hydrogen) atoms. The van der Waals surface area contributed by atoms with Gasteiger partial charge in [-0.25, -0.2) is 0 Å². The number of fused-ring (bicyclic) bond motifs is 1. The highest BCUT2D eigenvalue weighted by Gasteiger charge is 2.02. The molecular formula is C11H9NO. The number of phenolic OH excluding ortho intramolecular Hbond substituents is 1. The minimum Gasteiger partial charge on any atom is -0.507 e. The van der Waals surface area contributed by atoms with Crippen LogP contribution in [0.2, 0.25) is 0 Å². The van der Waals surface area contributed by atoms with E-state index in [1.165, 1.54) is 0 Å². The van der Waals surface area contributed by atoms with E-state index in [1.54, 1.807) is 12.1 Å². The van der Waals surface area contributed by atoms with Crippen LogP contribution in [-0.2, 0) is 0 Å². The molecule has 0 atom stereocenters. The normalized spacial score (nSPS) is 13.1. The Bertz CT molecular complexity index is 512. The third kappa shape index (κ3) is 1.16. The Morgan fingerprint density at radius 2 is 1.85 bits per heavy atom. The van der Waals surface area contributed by atoms with Gasteiger partial charge in [-0.15, -0.1) is 0 Å². The lowest BCUT2D eigenvalue weighted by atomic mass is 10.1. The predicted octanol–water partition coefficient (Wildman–Crippen LogP) is 0.521. The quantitative estimate of drug-likeness (QED) is 0.594. The number of nitrogens with one attached hydrogen (secondary N) is 1. The van der Waals surface area contributed by atoms with E-state index in [9.17, 15) is 5.11 Å². The molecule has 2 heteroatoms. The van der Waals surface area contributed by atoms with E-state index in [2.05, 4.69) is 6.58 Å². The maximum atomic E-state index is 9.45. The average molecular weight is 171 g/mol. The lowest BCUT2D eigenvalue weighted by Gasteiger charge is -1.95. The van der Waals surface area contributed by atoms with Crippen LogP contribution in [0.5, 0.6) is 5.75 Å². The fourth-order valence-electron chi connectivity index (χ4n) is 1.45. The largest absolute Gasteiger partial charge is 0.507 e. The van der Waals surface area contributed by atoms with Crippen molar-refractivity contribution in [3.8, 4) is 5.75 Å². The highest BCUT2D eigenvalue weighted by Crippen LogP contribution is 2.10. The third-order valence-electron chi connectivity index (χ3n) is 2.07. The Morgan fingerprint density at radius 1 is 1.23 bits per heavy atom. The molecule has 0 aromatic heterocycles. The molecule has 64 valence electrons. The second-order valence-corrected chi connectivity index (χ2v) is 3.05. The molecule has 0 aliphatic heterocycles. The summed E-state index contributed by atoms with van der Waals surface area (Å²) in [6.45, 7) is 3.80. The zero-order valence-corrected chi connectivity index (χ0v) is 7.04. The van der Waals surface area contributed by atoms with E-state index in [1.807, 2.05) is 12.2 Å². The van der Waals surface area contributed by atoms with Crippen LogP contribution in [0.1, 0.15) is 5.56 Å². The Labute approximate surface area is 75.7 Å². The second kappa shape index (κ2) is 2.59. The second-order valence-electron chi connectivity index (χ2n) is 3.05. The van der Waals surface area contributed by atoms with Crippen LogP contribution in [0.3, 0.4) is 0 Å². The van der Waals surface area contributed by atoms with Gasteiger partial charge in [0, 0.05) is 11.8 Å². The number of rotatable bonds is 1.